The minimum atomic E-state index is -4.77. The van der Waals surface area contributed by atoms with Crippen LogP contribution in [0.15, 0.2) is 42.7 Å². The average Bonchev–Trinajstić information content (AvgIpc) is 2.92. The van der Waals surface area contributed by atoms with E-state index in [1.165, 1.54) is 18.3 Å². The molecule has 1 N–H and O–H groups in total. The molecule has 0 aliphatic carbocycles. The summed E-state index contributed by atoms with van der Waals surface area (Å²) >= 11 is 0. The predicted octanol–water partition coefficient (Wildman–Crippen LogP) is 7.80. The minimum absolute atomic E-state index is 0.0170. The van der Waals surface area contributed by atoms with Crippen LogP contribution in [0.2, 0.25) is 0 Å². The Bertz CT molecular complexity index is 1470. The van der Waals surface area contributed by atoms with Crippen molar-refractivity contribution < 1.29 is 36.9 Å². The van der Waals surface area contributed by atoms with E-state index in [1.54, 1.807) is 39.8 Å². The van der Waals surface area contributed by atoms with E-state index in [-0.39, 0.29) is 29.7 Å². The van der Waals surface area contributed by atoms with Gasteiger partial charge in [-0.2, -0.15) is 13.2 Å². The maximum Gasteiger partial charge on any atom is 0.420 e. The number of piperidine rings is 1. The van der Waals surface area contributed by atoms with E-state index in [0.29, 0.717) is 35.6 Å². The largest absolute Gasteiger partial charge is 0.491 e. The van der Waals surface area contributed by atoms with E-state index in [1.807, 2.05) is 4.90 Å². The molecule has 1 saturated heterocycles. The van der Waals surface area contributed by atoms with Crippen molar-refractivity contribution in [2.45, 2.75) is 78.7 Å². The maximum atomic E-state index is 14.4. The van der Waals surface area contributed by atoms with Crippen LogP contribution in [0.1, 0.15) is 75.9 Å². The number of rotatable bonds is 9. The van der Waals surface area contributed by atoms with Gasteiger partial charge < -0.3 is 19.5 Å². The highest BCUT2D eigenvalue weighted by Gasteiger charge is 2.38. The number of carbonyl (C=O) groups is 1. The zero-order chi connectivity index (χ0) is 32.4. The van der Waals surface area contributed by atoms with Crippen molar-refractivity contribution in [3.63, 3.8) is 0 Å². The Hall–Kier alpha value is -3.73. The van der Waals surface area contributed by atoms with Gasteiger partial charge in [0, 0.05) is 42.5 Å². The summed E-state index contributed by atoms with van der Waals surface area (Å²) in [5.74, 6) is -2.08. The van der Waals surface area contributed by atoms with Crippen LogP contribution in [0.5, 0.6) is 5.75 Å². The van der Waals surface area contributed by atoms with Gasteiger partial charge in [-0.05, 0) is 69.7 Å². The number of carboxylic acid groups (broad SMARTS) is 1. The first kappa shape index (κ1) is 33.2. The molecule has 0 radical (unpaired) electrons. The maximum absolute atomic E-state index is 14.4. The third-order valence-electron chi connectivity index (χ3n) is 7.69. The van der Waals surface area contributed by atoms with Gasteiger partial charge in [-0.15, -0.1) is 0 Å². The van der Waals surface area contributed by atoms with Gasteiger partial charge in [-0.1, -0.05) is 26.0 Å². The lowest BCUT2D eigenvalue weighted by molar-refractivity contribution is -0.160. The smallest absolute Gasteiger partial charge is 0.420 e. The summed E-state index contributed by atoms with van der Waals surface area (Å²) in [7, 11) is 0. The van der Waals surface area contributed by atoms with E-state index in [2.05, 4.69) is 23.8 Å². The van der Waals surface area contributed by atoms with Gasteiger partial charge in [-0.3, -0.25) is 9.97 Å². The van der Waals surface area contributed by atoms with E-state index in [9.17, 15) is 27.5 Å². The van der Waals surface area contributed by atoms with Gasteiger partial charge in [0.1, 0.15) is 17.1 Å². The molecule has 0 spiro atoms. The molecular weight excluding hydrogens is 578 g/mol. The van der Waals surface area contributed by atoms with Crippen LogP contribution >= 0.6 is 0 Å². The normalized spacial score (nSPS) is 16.1. The number of aryl methyl sites for hydroxylation is 1. The molecule has 11 heteroatoms. The van der Waals surface area contributed by atoms with Crippen molar-refractivity contribution in [1.82, 2.24) is 9.97 Å². The molecule has 44 heavy (non-hydrogen) atoms. The second-order valence-corrected chi connectivity index (χ2v) is 12.9. The number of aliphatic carboxylic acids is 1. The number of alkyl halides is 3. The lowest BCUT2D eigenvalue weighted by Crippen LogP contribution is -2.39. The third kappa shape index (κ3) is 8.05. The molecule has 1 aliphatic heterocycles. The molecule has 0 amide bonds. The van der Waals surface area contributed by atoms with Crippen LogP contribution in [0.3, 0.4) is 0 Å². The zero-order valence-electron chi connectivity index (χ0n) is 25.9. The van der Waals surface area contributed by atoms with Gasteiger partial charge in [0.05, 0.1) is 29.8 Å². The topological polar surface area (TPSA) is 84.8 Å². The third-order valence-corrected chi connectivity index (χ3v) is 7.69. The molecule has 3 aromatic rings. The second-order valence-electron chi connectivity index (χ2n) is 12.9. The predicted molar refractivity (Wildman–Crippen MR) is 159 cm³/mol. The lowest BCUT2D eigenvalue weighted by atomic mass is 9.82. The Labute approximate surface area is 255 Å². The number of hydrogen-bond donors (Lipinski definition) is 1. The number of benzene rings is 1. The molecular formula is C33H39F4N3O4. The Morgan fingerprint density at radius 1 is 1.07 bits per heavy atom. The lowest BCUT2D eigenvalue weighted by Gasteiger charge is -2.40. The molecule has 1 aromatic carbocycles. The summed E-state index contributed by atoms with van der Waals surface area (Å²) in [5.41, 5.74) is 0.326. The molecule has 4 rings (SSSR count). The number of aromatic nitrogens is 2. The molecule has 2 aromatic heterocycles. The highest BCUT2D eigenvalue weighted by atomic mass is 19.4. The number of carboxylic acids is 1. The van der Waals surface area contributed by atoms with Crippen molar-refractivity contribution in [3.05, 3.63) is 70.9 Å². The SMILES string of the molecule is Cc1ncc(-c2cc(C(F)(F)F)c(OCCc3ccc(F)cc3)cn2)c(N2CCC(C)(C)CC2)c1C(OC(C)(C)C)C(=O)O. The molecule has 238 valence electrons. The number of anilines is 1. The molecule has 1 aliphatic rings. The summed E-state index contributed by atoms with van der Waals surface area (Å²) < 4.78 is 67.9. The highest BCUT2D eigenvalue weighted by molar-refractivity contribution is 5.85. The van der Waals surface area contributed by atoms with Crippen molar-refractivity contribution in [2.75, 3.05) is 24.6 Å². The van der Waals surface area contributed by atoms with Crippen LogP contribution in [0, 0.1) is 18.2 Å². The van der Waals surface area contributed by atoms with Gasteiger partial charge in [0.15, 0.2) is 6.10 Å². The second kappa shape index (κ2) is 12.7. The van der Waals surface area contributed by atoms with Crippen LogP contribution in [0.4, 0.5) is 23.2 Å². The van der Waals surface area contributed by atoms with Crippen LogP contribution in [-0.2, 0) is 22.1 Å². The fourth-order valence-corrected chi connectivity index (χ4v) is 5.23. The Balaban J connectivity index is 1.81. The molecule has 0 bridgehead atoms. The van der Waals surface area contributed by atoms with E-state index in [4.69, 9.17) is 9.47 Å². The average molecular weight is 618 g/mol. The molecule has 1 atom stereocenters. The molecule has 3 heterocycles. The van der Waals surface area contributed by atoms with Gasteiger partial charge in [-0.25, -0.2) is 9.18 Å². The fraction of sp³-hybridized carbons (Fsp3) is 0.485. The number of pyridine rings is 2. The van der Waals surface area contributed by atoms with Crippen molar-refractivity contribution >= 4 is 11.7 Å². The van der Waals surface area contributed by atoms with Gasteiger partial charge >= 0.3 is 12.1 Å². The van der Waals surface area contributed by atoms with Gasteiger partial charge in [0.25, 0.3) is 0 Å². The van der Waals surface area contributed by atoms with E-state index in [0.717, 1.165) is 25.1 Å². The first-order valence-electron chi connectivity index (χ1n) is 14.6. The Kier molecular flexibility index (Phi) is 9.58. The summed E-state index contributed by atoms with van der Waals surface area (Å²) in [5, 5.41) is 10.3. The summed E-state index contributed by atoms with van der Waals surface area (Å²) in [6, 6.07) is 6.56. The first-order valence-corrected chi connectivity index (χ1v) is 14.6. The quantitative estimate of drug-likeness (QED) is 0.245. The highest BCUT2D eigenvalue weighted by Crippen LogP contribution is 2.45. The Morgan fingerprint density at radius 3 is 2.27 bits per heavy atom. The summed E-state index contributed by atoms with van der Waals surface area (Å²) in [6.45, 7) is 12.2. The minimum Gasteiger partial charge on any atom is -0.491 e. The van der Waals surface area contributed by atoms with Gasteiger partial charge in [0.2, 0.25) is 0 Å². The monoisotopic (exact) mass is 617 g/mol. The number of hydrogen-bond acceptors (Lipinski definition) is 6. The standard InChI is InChI=1S/C33H39F4N3O4/c1-20-27(29(30(41)42)44-31(2,3)4)28(40-14-12-32(5,6)13-15-40)23(18-38-20)25-17-24(33(35,36)37)26(19-39-25)43-16-11-21-7-9-22(34)10-8-21/h7-10,17-19,29H,11-16H2,1-6H3,(H,41,42). The number of ether oxygens (including phenoxy) is 2. The Morgan fingerprint density at radius 2 is 1.70 bits per heavy atom. The van der Waals surface area contributed by atoms with Crippen molar-refractivity contribution in [1.29, 1.82) is 0 Å². The van der Waals surface area contributed by atoms with E-state index >= 15 is 0 Å². The number of halogens is 4. The van der Waals surface area contributed by atoms with Crippen LogP contribution in [-0.4, -0.2) is 46.3 Å². The van der Waals surface area contributed by atoms with E-state index < -0.39 is 41.0 Å². The summed E-state index contributed by atoms with van der Waals surface area (Å²) in [4.78, 5) is 23.4. The van der Waals surface area contributed by atoms with Crippen molar-refractivity contribution in [3.8, 4) is 17.0 Å². The molecule has 0 saturated carbocycles. The first-order chi connectivity index (χ1) is 20.4. The number of nitrogens with zero attached hydrogens (tertiary/aromatic N) is 3. The van der Waals surface area contributed by atoms with Crippen molar-refractivity contribution in [2.24, 2.45) is 5.41 Å². The molecule has 7 nitrogen and oxygen atoms in total. The van der Waals surface area contributed by atoms with Crippen LogP contribution < -0.4 is 9.64 Å². The zero-order valence-corrected chi connectivity index (χ0v) is 25.9. The fourth-order valence-electron chi connectivity index (χ4n) is 5.23. The van der Waals surface area contributed by atoms with Crippen LogP contribution in [0.25, 0.3) is 11.3 Å². The molecule has 1 unspecified atom stereocenters. The summed E-state index contributed by atoms with van der Waals surface area (Å²) in [6.07, 6.45) is -1.83. The molecule has 1 fully saturated rings.